The highest BCUT2D eigenvalue weighted by Crippen LogP contribution is 2.33. The van der Waals surface area contributed by atoms with E-state index in [2.05, 4.69) is 4.98 Å². The highest BCUT2D eigenvalue weighted by Gasteiger charge is 2.33. The quantitative estimate of drug-likeness (QED) is 0.904. The van der Waals surface area contributed by atoms with Crippen LogP contribution in [0.25, 0.3) is 0 Å². The lowest BCUT2D eigenvalue weighted by molar-refractivity contribution is -0.141. The molecule has 0 unspecified atom stereocenters. The molecule has 1 aliphatic carbocycles. The molecule has 1 heterocycles. The molecule has 0 aromatic carbocycles. The lowest BCUT2D eigenvalue weighted by Crippen LogP contribution is -2.15. The fourth-order valence-corrected chi connectivity index (χ4v) is 1.84. The largest absolute Gasteiger partial charge is 0.491 e. The van der Waals surface area contributed by atoms with Gasteiger partial charge >= 0.3 is 6.18 Å². The molecule has 0 saturated heterocycles. The minimum absolute atomic E-state index is 0.0663. The Morgan fingerprint density at radius 1 is 1.39 bits per heavy atom. The van der Waals surface area contributed by atoms with Gasteiger partial charge in [-0.3, -0.25) is 0 Å². The van der Waals surface area contributed by atoms with Crippen LogP contribution in [0.15, 0.2) is 12.3 Å². The van der Waals surface area contributed by atoms with Gasteiger partial charge in [0.1, 0.15) is 11.4 Å². The molecule has 1 aliphatic rings. The number of nitrogens with two attached hydrogens (primary N) is 1. The SMILES string of the molecule is Nc1cnc(C(F)(F)F)cc1OCCC1CCC1. The van der Waals surface area contributed by atoms with E-state index in [0.29, 0.717) is 12.5 Å². The molecule has 6 heteroatoms. The molecule has 0 aliphatic heterocycles. The van der Waals surface area contributed by atoms with Gasteiger partial charge in [-0.15, -0.1) is 0 Å². The monoisotopic (exact) mass is 260 g/mol. The molecule has 0 bridgehead atoms. The average Bonchev–Trinajstić information content (AvgIpc) is 2.22. The number of ether oxygens (including phenoxy) is 1. The number of alkyl halides is 3. The van der Waals surface area contributed by atoms with E-state index in [1.807, 2.05) is 0 Å². The fraction of sp³-hybridized carbons (Fsp3) is 0.583. The summed E-state index contributed by atoms with van der Waals surface area (Å²) in [5.74, 6) is 0.715. The van der Waals surface area contributed by atoms with Crippen LogP contribution in [0.4, 0.5) is 18.9 Å². The summed E-state index contributed by atoms with van der Waals surface area (Å²) in [5.41, 5.74) is 4.70. The molecule has 1 saturated carbocycles. The summed E-state index contributed by atoms with van der Waals surface area (Å²) in [6.07, 6.45) is 0.983. The Morgan fingerprint density at radius 3 is 2.67 bits per heavy atom. The normalized spacial score (nSPS) is 16.4. The number of halogens is 3. The van der Waals surface area contributed by atoms with Crippen LogP contribution in [0.1, 0.15) is 31.4 Å². The fourth-order valence-electron chi connectivity index (χ4n) is 1.84. The van der Waals surface area contributed by atoms with Crippen LogP contribution in [0, 0.1) is 5.92 Å². The van der Waals surface area contributed by atoms with Gasteiger partial charge in [-0.1, -0.05) is 19.3 Å². The number of anilines is 1. The van der Waals surface area contributed by atoms with Crippen molar-refractivity contribution in [2.24, 2.45) is 5.92 Å². The molecule has 0 spiro atoms. The number of nitrogen functional groups attached to an aromatic ring is 1. The zero-order valence-corrected chi connectivity index (χ0v) is 9.83. The van der Waals surface area contributed by atoms with E-state index in [9.17, 15) is 13.2 Å². The van der Waals surface area contributed by atoms with Crippen molar-refractivity contribution in [1.82, 2.24) is 4.98 Å². The van der Waals surface area contributed by atoms with Crippen molar-refractivity contribution in [1.29, 1.82) is 0 Å². The first-order chi connectivity index (χ1) is 8.47. The predicted octanol–water partition coefficient (Wildman–Crippen LogP) is 3.25. The van der Waals surface area contributed by atoms with Crippen LogP contribution in [0.3, 0.4) is 0 Å². The van der Waals surface area contributed by atoms with Crippen molar-refractivity contribution in [2.45, 2.75) is 31.9 Å². The van der Waals surface area contributed by atoms with Gasteiger partial charge in [0.25, 0.3) is 0 Å². The topological polar surface area (TPSA) is 48.1 Å². The molecule has 0 atom stereocenters. The summed E-state index contributed by atoms with van der Waals surface area (Å²) in [5, 5.41) is 0. The Bertz CT molecular complexity index is 416. The van der Waals surface area contributed by atoms with Crippen molar-refractivity contribution in [3.05, 3.63) is 18.0 Å². The summed E-state index contributed by atoms with van der Waals surface area (Å²) in [7, 11) is 0. The molecule has 2 N–H and O–H groups in total. The summed E-state index contributed by atoms with van der Waals surface area (Å²) in [6.45, 7) is 0.399. The van der Waals surface area contributed by atoms with Crippen molar-refractivity contribution in [3.8, 4) is 5.75 Å². The second-order valence-electron chi connectivity index (χ2n) is 4.54. The molecular weight excluding hydrogens is 245 g/mol. The molecule has 3 nitrogen and oxygen atoms in total. The Kier molecular flexibility index (Phi) is 3.63. The number of rotatable bonds is 4. The second kappa shape index (κ2) is 5.04. The van der Waals surface area contributed by atoms with E-state index in [0.717, 1.165) is 18.7 Å². The van der Waals surface area contributed by atoms with E-state index in [1.165, 1.54) is 19.3 Å². The first-order valence-corrected chi connectivity index (χ1v) is 5.92. The van der Waals surface area contributed by atoms with Crippen molar-refractivity contribution in [3.63, 3.8) is 0 Å². The van der Waals surface area contributed by atoms with Gasteiger partial charge in [0.15, 0.2) is 0 Å². The van der Waals surface area contributed by atoms with E-state index in [-0.39, 0.29) is 11.4 Å². The zero-order valence-electron chi connectivity index (χ0n) is 9.83. The predicted molar refractivity (Wildman–Crippen MR) is 61.1 cm³/mol. The van der Waals surface area contributed by atoms with Gasteiger partial charge < -0.3 is 10.5 Å². The zero-order chi connectivity index (χ0) is 13.2. The third-order valence-corrected chi connectivity index (χ3v) is 3.19. The average molecular weight is 260 g/mol. The van der Waals surface area contributed by atoms with Crippen molar-refractivity contribution in [2.75, 3.05) is 12.3 Å². The van der Waals surface area contributed by atoms with E-state index in [1.54, 1.807) is 0 Å². The number of nitrogens with zero attached hydrogens (tertiary/aromatic N) is 1. The van der Waals surface area contributed by atoms with Crippen LogP contribution in [-0.4, -0.2) is 11.6 Å². The molecule has 1 aromatic heterocycles. The second-order valence-corrected chi connectivity index (χ2v) is 4.54. The van der Waals surface area contributed by atoms with E-state index < -0.39 is 11.9 Å². The van der Waals surface area contributed by atoms with Crippen molar-refractivity contribution >= 4 is 5.69 Å². The smallest absolute Gasteiger partial charge is 0.433 e. The minimum atomic E-state index is -4.47. The van der Waals surface area contributed by atoms with Gasteiger partial charge in [0.2, 0.25) is 0 Å². The van der Waals surface area contributed by atoms with Gasteiger partial charge in [-0.2, -0.15) is 13.2 Å². The maximum absolute atomic E-state index is 12.5. The summed E-state index contributed by atoms with van der Waals surface area (Å²) in [6, 6.07) is 0.857. The Hall–Kier alpha value is -1.46. The summed E-state index contributed by atoms with van der Waals surface area (Å²) >= 11 is 0. The molecular formula is C12H15F3N2O. The van der Waals surface area contributed by atoms with Crippen LogP contribution in [0.5, 0.6) is 5.75 Å². The highest BCUT2D eigenvalue weighted by molar-refractivity contribution is 5.51. The molecule has 100 valence electrons. The first kappa shape index (κ1) is 13.0. The Morgan fingerprint density at radius 2 is 2.11 bits per heavy atom. The minimum Gasteiger partial charge on any atom is -0.491 e. The van der Waals surface area contributed by atoms with Gasteiger partial charge in [-0.25, -0.2) is 4.98 Å². The van der Waals surface area contributed by atoms with Crippen LogP contribution >= 0.6 is 0 Å². The summed E-state index contributed by atoms with van der Waals surface area (Å²) in [4.78, 5) is 3.25. The molecule has 0 amide bonds. The molecule has 1 fully saturated rings. The summed E-state index contributed by atoms with van der Waals surface area (Å²) < 4.78 is 42.7. The van der Waals surface area contributed by atoms with Gasteiger partial charge in [0.05, 0.1) is 18.5 Å². The van der Waals surface area contributed by atoms with E-state index >= 15 is 0 Å². The standard InChI is InChI=1S/C12H15F3N2O/c13-12(14,15)11-6-10(9(16)7-17-11)18-5-4-8-2-1-3-8/h6-8H,1-5,16H2. The van der Waals surface area contributed by atoms with Crippen LogP contribution in [0.2, 0.25) is 0 Å². The third kappa shape index (κ3) is 3.05. The third-order valence-electron chi connectivity index (χ3n) is 3.19. The molecule has 1 aromatic rings. The first-order valence-electron chi connectivity index (χ1n) is 5.92. The number of hydrogen-bond acceptors (Lipinski definition) is 3. The maximum Gasteiger partial charge on any atom is 0.433 e. The molecule has 18 heavy (non-hydrogen) atoms. The molecule has 0 radical (unpaired) electrons. The number of hydrogen-bond donors (Lipinski definition) is 1. The Labute approximate surface area is 103 Å². The lowest BCUT2D eigenvalue weighted by atomic mass is 9.83. The maximum atomic E-state index is 12.5. The highest BCUT2D eigenvalue weighted by atomic mass is 19.4. The van der Waals surface area contributed by atoms with Crippen LogP contribution < -0.4 is 10.5 Å². The van der Waals surface area contributed by atoms with Gasteiger partial charge in [-0.05, 0) is 12.3 Å². The van der Waals surface area contributed by atoms with Gasteiger partial charge in [0, 0.05) is 6.07 Å². The van der Waals surface area contributed by atoms with Crippen molar-refractivity contribution < 1.29 is 17.9 Å². The van der Waals surface area contributed by atoms with E-state index in [4.69, 9.17) is 10.5 Å². The Balaban J connectivity index is 1.97. The van der Waals surface area contributed by atoms with Crippen LogP contribution in [-0.2, 0) is 6.18 Å². The number of aromatic nitrogens is 1. The number of pyridine rings is 1. The lowest BCUT2D eigenvalue weighted by Gasteiger charge is -2.25. The molecule has 2 rings (SSSR count).